The van der Waals surface area contributed by atoms with Crippen molar-refractivity contribution in [3.63, 3.8) is 0 Å². The van der Waals surface area contributed by atoms with Crippen LogP contribution in [-0.2, 0) is 0 Å². The second-order valence-electron chi connectivity index (χ2n) is 3.80. The van der Waals surface area contributed by atoms with Crippen LogP contribution < -0.4 is 0 Å². The van der Waals surface area contributed by atoms with Gasteiger partial charge in [-0.05, 0) is 19.3 Å². The topological polar surface area (TPSA) is 0 Å². The number of allylic oxidation sites excluding steroid dienone is 4. The summed E-state index contributed by atoms with van der Waals surface area (Å²) < 4.78 is 0. The van der Waals surface area contributed by atoms with Gasteiger partial charge in [0.25, 0.3) is 0 Å². The summed E-state index contributed by atoms with van der Waals surface area (Å²) >= 11 is -0.639. The van der Waals surface area contributed by atoms with Crippen LogP contribution in [0.25, 0.3) is 0 Å². The number of hydrogen-bond acceptors (Lipinski definition) is 0. The standard InChI is InChI=1S/C14H25.2ClH.Mg/c1-3-5-7-9-11-13-14-12-10-8-6-4-2;;;/h10,12-14H,1,3-9,11H2,2H3;2*1H;/q;;;+2/p-2/b12-10-,14-13+;;;. The van der Waals surface area contributed by atoms with Crippen molar-refractivity contribution in [3.05, 3.63) is 31.2 Å². The lowest BCUT2D eigenvalue weighted by Crippen LogP contribution is -1.73. The Bertz CT molecular complexity index is 168. The van der Waals surface area contributed by atoms with Crippen molar-refractivity contribution in [2.75, 3.05) is 0 Å². The minimum Gasteiger partial charge on any atom is -0.309 e. The Kier molecular flexibility index (Phi) is 26.1. The lowest BCUT2D eigenvalue weighted by Gasteiger charge is -1.92. The van der Waals surface area contributed by atoms with E-state index in [1.165, 1.54) is 44.9 Å². The van der Waals surface area contributed by atoms with Gasteiger partial charge in [-0.2, -0.15) is 0 Å². The molecular weight excluding hydrogens is 263 g/mol. The van der Waals surface area contributed by atoms with Crippen LogP contribution >= 0.6 is 18.1 Å². The minimum absolute atomic E-state index is 0.639. The molecule has 0 spiro atoms. The Hall–Kier alpha value is 0.826. The van der Waals surface area contributed by atoms with Crippen LogP contribution in [-0.4, -0.2) is 18.2 Å². The van der Waals surface area contributed by atoms with Gasteiger partial charge >= 0.3 is 18.2 Å². The van der Waals surface area contributed by atoms with E-state index in [9.17, 15) is 0 Å². The van der Waals surface area contributed by atoms with Crippen molar-refractivity contribution >= 4 is 36.3 Å². The van der Waals surface area contributed by atoms with E-state index in [1.54, 1.807) is 0 Å². The zero-order chi connectivity index (χ0) is 13.2. The molecule has 1 radical (unpaired) electrons. The van der Waals surface area contributed by atoms with Crippen LogP contribution in [0.15, 0.2) is 24.3 Å². The maximum Gasteiger partial charge on any atom is 0.618 e. The summed E-state index contributed by atoms with van der Waals surface area (Å²) in [4.78, 5) is 0. The van der Waals surface area contributed by atoms with E-state index < -0.39 is 18.2 Å². The van der Waals surface area contributed by atoms with Crippen LogP contribution in [0.1, 0.15) is 58.3 Å². The highest BCUT2D eigenvalue weighted by molar-refractivity contribution is 7.22. The van der Waals surface area contributed by atoms with Crippen molar-refractivity contribution in [1.29, 1.82) is 0 Å². The molecule has 0 aliphatic carbocycles. The van der Waals surface area contributed by atoms with Gasteiger partial charge in [0, 0.05) is 0 Å². The van der Waals surface area contributed by atoms with Crippen LogP contribution in [0.2, 0.25) is 0 Å². The Balaban J connectivity index is 0. The number of unbranched alkanes of at least 4 members (excludes halogenated alkanes) is 6. The van der Waals surface area contributed by atoms with Gasteiger partial charge in [0.05, 0.1) is 0 Å². The molecule has 17 heavy (non-hydrogen) atoms. The van der Waals surface area contributed by atoms with Gasteiger partial charge in [0.15, 0.2) is 0 Å². The van der Waals surface area contributed by atoms with Crippen LogP contribution in [0.4, 0.5) is 0 Å². The molecule has 0 atom stereocenters. The van der Waals surface area contributed by atoms with Gasteiger partial charge in [-0.3, -0.25) is 0 Å². The van der Waals surface area contributed by atoms with E-state index >= 15 is 0 Å². The molecule has 97 valence electrons. The predicted molar refractivity (Wildman–Crippen MR) is 83.7 cm³/mol. The van der Waals surface area contributed by atoms with Crippen LogP contribution in [0, 0.1) is 6.92 Å². The lowest BCUT2D eigenvalue weighted by molar-refractivity contribution is 0.695. The molecule has 0 unspecified atom stereocenters. The molecule has 0 aromatic carbocycles. The van der Waals surface area contributed by atoms with E-state index in [-0.39, 0.29) is 0 Å². The smallest absolute Gasteiger partial charge is 0.309 e. The summed E-state index contributed by atoms with van der Waals surface area (Å²) in [5, 5.41) is 0. The summed E-state index contributed by atoms with van der Waals surface area (Å²) in [5.74, 6) is 0. The van der Waals surface area contributed by atoms with E-state index in [0.717, 1.165) is 6.42 Å². The van der Waals surface area contributed by atoms with Gasteiger partial charge in [0.2, 0.25) is 0 Å². The number of rotatable bonds is 9. The molecule has 0 saturated heterocycles. The third kappa shape index (κ3) is 26.4. The first-order valence-corrected chi connectivity index (χ1v) is 10.8. The van der Waals surface area contributed by atoms with Crippen molar-refractivity contribution in [2.24, 2.45) is 0 Å². The SMILES string of the molecule is [CH2]CCCCC/C=C/C=C\CCCC.[Cl][Mg][Cl]. The van der Waals surface area contributed by atoms with E-state index in [1.807, 2.05) is 0 Å². The van der Waals surface area contributed by atoms with Crippen molar-refractivity contribution < 1.29 is 0 Å². The molecule has 0 aromatic rings. The Labute approximate surface area is 125 Å². The zero-order valence-electron chi connectivity index (χ0n) is 11.1. The molecule has 0 aromatic heterocycles. The van der Waals surface area contributed by atoms with Gasteiger partial charge in [-0.25, -0.2) is 0 Å². The lowest BCUT2D eigenvalue weighted by atomic mass is 10.1. The fraction of sp³-hybridized carbons (Fsp3) is 0.643. The number of halogens is 2. The molecule has 0 fully saturated rings. The molecule has 0 rings (SSSR count). The molecule has 0 amide bonds. The third-order valence-corrected chi connectivity index (χ3v) is 2.23. The summed E-state index contributed by atoms with van der Waals surface area (Å²) in [5.41, 5.74) is 0. The zero-order valence-corrected chi connectivity index (χ0v) is 14.1. The molecule has 0 bridgehead atoms. The summed E-state index contributed by atoms with van der Waals surface area (Å²) in [6, 6.07) is 0. The van der Waals surface area contributed by atoms with Crippen LogP contribution in [0.5, 0.6) is 0 Å². The first-order valence-electron chi connectivity index (χ1n) is 6.56. The van der Waals surface area contributed by atoms with Crippen molar-refractivity contribution in [2.45, 2.75) is 58.3 Å². The highest BCUT2D eigenvalue weighted by Gasteiger charge is 1.83. The Morgan fingerprint density at radius 1 is 0.941 bits per heavy atom. The summed E-state index contributed by atoms with van der Waals surface area (Å²) in [6.45, 7) is 6.06. The second-order valence-corrected chi connectivity index (χ2v) is 6.43. The Morgan fingerprint density at radius 3 is 1.94 bits per heavy atom. The molecule has 0 saturated carbocycles. The fourth-order valence-electron chi connectivity index (χ4n) is 1.29. The van der Waals surface area contributed by atoms with E-state index in [4.69, 9.17) is 18.1 Å². The average Bonchev–Trinajstić information content (AvgIpc) is 2.33. The minimum atomic E-state index is -0.639. The number of hydrogen-bond donors (Lipinski definition) is 0. The first kappa shape index (κ1) is 20.2. The highest BCUT2D eigenvalue weighted by Crippen LogP contribution is 2.02. The fourth-order valence-corrected chi connectivity index (χ4v) is 1.29. The summed E-state index contributed by atoms with van der Waals surface area (Å²) in [7, 11) is 9.81. The normalized spacial score (nSPS) is 10.4. The van der Waals surface area contributed by atoms with Crippen molar-refractivity contribution in [1.82, 2.24) is 0 Å². The van der Waals surface area contributed by atoms with Gasteiger partial charge in [-0.1, -0.05) is 70.3 Å². The molecule has 0 aliphatic rings. The third-order valence-electron chi connectivity index (χ3n) is 2.23. The quantitative estimate of drug-likeness (QED) is 0.274. The largest absolute Gasteiger partial charge is 0.618 e. The monoisotopic (exact) mass is 287 g/mol. The van der Waals surface area contributed by atoms with Crippen LogP contribution in [0.3, 0.4) is 0 Å². The maximum absolute atomic E-state index is 4.90. The van der Waals surface area contributed by atoms with Crippen molar-refractivity contribution in [3.8, 4) is 0 Å². The van der Waals surface area contributed by atoms with E-state index in [0.29, 0.717) is 0 Å². The highest BCUT2D eigenvalue weighted by atomic mass is 35.6. The molecule has 0 nitrogen and oxygen atoms in total. The molecule has 3 heteroatoms. The molecule has 0 heterocycles. The van der Waals surface area contributed by atoms with Gasteiger partial charge in [-0.15, -0.1) is 0 Å². The average molecular weight is 289 g/mol. The van der Waals surface area contributed by atoms with E-state index in [2.05, 4.69) is 38.2 Å². The summed E-state index contributed by atoms with van der Waals surface area (Å²) in [6.07, 6.45) is 18.9. The second kappa shape index (κ2) is 22.0. The first-order chi connectivity index (χ1) is 8.33. The predicted octanol–water partition coefficient (Wildman–Crippen LogP) is 6.07. The molecule has 0 aliphatic heterocycles. The van der Waals surface area contributed by atoms with Gasteiger partial charge in [0.1, 0.15) is 0 Å². The Morgan fingerprint density at radius 2 is 1.47 bits per heavy atom. The molecule has 0 N–H and O–H groups in total. The molecular formula is C14H25Cl2Mg. The van der Waals surface area contributed by atoms with Gasteiger partial charge < -0.3 is 18.1 Å². The maximum atomic E-state index is 4.90.